The summed E-state index contributed by atoms with van der Waals surface area (Å²) in [6, 6.07) is 7.94. The van der Waals surface area contributed by atoms with Crippen LogP contribution in [0.2, 0.25) is 5.02 Å². The molecule has 0 aliphatic carbocycles. The third kappa shape index (κ3) is 4.22. The van der Waals surface area contributed by atoms with Crippen LogP contribution in [0.1, 0.15) is 37.4 Å². The Morgan fingerprint density at radius 1 is 1.27 bits per heavy atom. The highest BCUT2D eigenvalue weighted by molar-refractivity contribution is 6.33. The fourth-order valence-electron chi connectivity index (χ4n) is 3.37. The molecule has 1 aromatic carbocycles. The van der Waals surface area contributed by atoms with Gasteiger partial charge in [-0.2, -0.15) is 0 Å². The SMILES string of the molecule is C/C=C(\C=C/CC)CN1CCc2nc(C)nc(-c3ccccc3Cl)c2C1. The molecule has 4 heteroatoms. The minimum atomic E-state index is 0.741. The highest BCUT2D eigenvalue weighted by atomic mass is 35.5. The Balaban J connectivity index is 1.93. The first-order chi connectivity index (χ1) is 12.6. The smallest absolute Gasteiger partial charge is 0.126 e. The predicted octanol–water partition coefficient (Wildman–Crippen LogP) is 5.38. The number of aryl methyl sites for hydroxylation is 1. The number of hydrogen-bond acceptors (Lipinski definition) is 3. The molecule has 0 N–H and O–H groups in total. The molecule has 136 valence electrons. The van der Waals surface area contributed by atoms with Crippen molar-refractivity contribution >= 4 is 11.6 Å². The molecule has 0 unspecified atom stereocenters. The maximum atomic E-state index is 6.46. The minimum absolute atomic E-state index is 0.741. The highest BCUT2D eigenvalue weighted by Gasteiger charge is 2.23. The summed E-state index contributed by atoms with van der Waals surface area (Å²) < 4.78 is 0. The number of fused-ring (bicyclic) bond motifs is 1. The largest absolute Gasteiger partial charge is 0.294 e. The maximum Gasteiger partial charge on any atom is 0.126 e. The predicted molar refractivity (Wildman–Crippen MR) is 109 cm³/mol. The van der Waals surface area contributed by atoms with Crippen LogP contribution in [0.15, 0.2) is 48.1 Å². The molecule has 0 bridgehead atoms. The molecule has 1 aliphatic heterocycles. The zero-order chi connectivity index (χ0) is 18.5. The Hall–Kier alpha value is -1.97. The van der Waals surface area contributed by atoms with Crippen molar-refractivity contribution in [2.24, 2.45) is 0 Å². The molecule has 3 nitrogen and oxygen atoms in total. The summed E-state index contributed by atoms with van der Waals surface area (Å²) in [5.74, 6) is 0.812. The summed E-state index contributed by atoms with van der Waals surface area (Å²) in [6.45, 7) is 9.05. The van der Waals surface area contributed by atoms with Crippen molar-refractivity contribution in [1.82, 2.24) is 14.9 Å². The fourth-order valence-corrected chi connectivity index (χ4v) is 3.60. The van der Waals surface area contributed by atoms with Crippen LogP contribution in [0.5, 0.6) is 0 Å². The second kappa shape index (κ2) is 8.61. The molecule has 0 amide bonds. The fraction of sp³-hybridized carbons (Fsp3) is 0.364. The van der Waals surface area contributed by atoms with Crippen LogP contribution in [0.3, 0.4) is 0 Å². The van der Waals surface area contributed by atoms with E-state index in [0.29, 0.717) is 0 Å². The third-order valence-electron chi connectivity index (χ3n) is 4.72. The van der Waals surface area contributed by atoms with Crippen LogP contribution in [0, 0.1) is 6.92 Å². The van der Waals surface area contributed by atoms with Gasteiger partial charge in [0.05, 0.1) is 11.4 Å². The Kier molecular flexibility index (Phi) is 6.23. The van der Waals surface area contributed by atoms with Gasteiger partial charge in [0.1, 0.15) is 5.82 Å². The lowest BCUT2D eigenvalue weighted by atomic mass is 9.98. The van der Waals surface area contributed by atoms with E-state index in [1.807, 2.05) is 31.2 Å². The van der Waals surface area contributed by atoms with E-state index in [9.17, 15) is 0 Å². The molecule has 0 saturated carbocycles. The molecule has 26 heavy (non-hydrogen) atoms. The summed E-state index contributed by atoms with van der Waals surface area (Å²) in [4.78, 5) is 11.9. The second-order valence-corrected chi connectivity index (χ2v) is 7.07. The number of allylic oxidation sites excluding steroid dienone is 2. The maximum absolute atomic E-state index is 6.46. The number of benzene rings is 1. The molecule has 3 rings (SSSR count). The molecule has 0 atom stereocenters. The van der Waals surface area contributed by atoms with Gasteiger partial charge in [-0.15, -0.1) is 0 Å². The molecule has 1 aromatic heterocycles. The van der Waals surface area contributed by atoms with Crippen molar-refractivity contribution in [1.29, 1.82) is 0 Å². The topological polar surface area (TPSA) is 29.0 Å². The summed E-state index contributed by atoms with van der Waals surface area (Å²) in [5.41, 5.74) is 5.70. The van der Waals surface area contributed by atoms with E-state index in [1.54, 1.807) is 0 Å². The highest BCUT2D eigenvalue weighted by Crippen LogP contribution is 2.32. The van der Waals surface area contributed by atoms with Crippen LogP contribution in [-0.2, 0) is 13.0 Å². The van der Waals surface area contributed by atoms with Crippen molar-refractivity contribution in [3.63, 3.8) is 0 Å². The number of nitrogens with zero attached hydrogens (tertiary/aromatic N) is 3. The van der Waals surface area contributed by atoms with Crippen LogP contribution in [-0.4, -0.2) is 28.0 Å². The summed E-state index contributed by atoms with van der Waals surface area (Å²) >= 11 is 6.46. The van der Waals surface area contributed by atoms with Gasteiger partial charge in [-0.05, 0) is 31.9 Å². The van der Waals surface area contributed by atoms with Gasteiger partial charge in [-0.25, -0.2) is 9.97 Å². The zero-order valence-corrected chi connectivity index (χ0v) is 16.6. The molecular formula is C22H26ClN3. The van der Waals surface area contributed by atoms with Gasteiger partial charge in [0.15, 0.2) is 0 Å². The monoisotopic (exact) mass is 367 g/mol. The Morgan fingerprint density at radius 3 is 2.81 bits per heavy atom. The van der Waals surface area contributed by atoms with Gasteiger partial charge >= 0.3 is 0 Å². The molecule has 2 heterocycles. The number of rotatable bonds is 5. The average molecular weight is 368 g/mol. The Morgan fingerprint density at radius 2 is 2.08 bits per heavy atom. The lowest BCUT2D eigenvalue weighted by Crippen LogP contribution is -2.33. The lowest BCUT2D eigenvalue weighted by molar-refractivity contribution is 0.274. The van der Waals surface area contributed by atoms with E-state index in [-0.39, 0.29) is 0 Å². The summed E-state index contributed by atoms with van der Waals surface area (Å²) in [6.07, 6.45) is 8.65. The number of hydrogen-bond donors (Lipinski definition) is 0. The van der Waals surface area contributed by atoms with Crippen LogP contribution >= 0.6 is 11.6 Å². The van der Waals surface area contributed by atoms with Gasteiger partial charge in [-0.3, -0.25) is 4.90 Å². The van der Waals surface area contributed by atoms with Gasteiger partial charge < -0.3 is 0 Å². The Labute approximate surface area is 161 Å². The standard InChI is InChI=1S/C22H26ClN3/c1-4-6-9-17(5-2)14-26-13-12-21-19(15-26)22(25-16(3)24-21)18-10-7-8-11-20(18)23/h5-11H,4,12-15H2,1-3H3/b9-6-,17-5+. The first-order valence-corrected chi connectivity index (χ1v) is 9.65. The van der Waals surface area contributed by atoms with E-state index in [0.717, 1.165) is 60.3 Å². The molecule has 1 aliphatic rings. The molecule has 0 radical (unpaired) electrons. The first kappa shape index (κ1) is 18.8. The van der Waals surface area contributed by atoms with Crippen molar-refractivity contribution in [3.8, 4) is 11.3 Å². The molecule has 0 saturated heterocycles. The molecule has 0 spiro atoms. The van der Waals surface area contributed by atoms with E-state index in [2.05, 4.69) is 37.0 Å². The quantitative estimate of drug-likeness (QED) is 0.664. The van der Waals surface area contributed by atoms with Crippen molar-refractivity contribution < 1.29 is 0 Å². The van der Waals surface area contributed by atoms with E-state index < -0.39 is 0 Å². The lowest BCUT2D eigenvalue weighted by Gasteiger charge is -2.30. The Bertz CT molecular complexity index is 839. The minimum Gasteiger partial charge on any atom is -0.294 e. The van der Waals surface area contributed by atoms with E-state index in [1.165, 1.54) is 11.1 Å². The molecule has 0 fully saturated rings. The van der Waals surface area contributed by atoms with Crippen LogP contribution in [0.4, 0.5) is 0 Å². The second-order valence-electron chi connectivity index (χ2n) is 6.66. The number of halogens is 1. The van der Waals surface area contributed by atoms with Gasteiger partial charge in [-0.1, -0.05) is 55.0 Å². The molecular weight excluding hydrogens is 342 g/mol. The number of aromatic nitrogens is 2. The van der Waals surface area contributed by atoms with Crippen LogP contribution in [0.25, 0.3) is 11.3 Å². The van der Waals surface area contributed by atoms with Crippen LogP contribution < -0.4 is 0 Å². The van der Waals surface area contributed by atoms with E-state index >= 15 is 0 Å². The third-order valence-corrected chi connectivity index (χ3v) is 5.05. The molecule has 2 aromatic rings. The van der Waals surface area contributed by atoms with Gasteiger partial charge in [0.2, 0.25) is 0 Å². The first-order valence-electron chi connectivity index (χ1n) is 9.27. The zero-order valence-electron chi connectivity index (χ0n) is 15.8. The summed E-state index contributed by atoms with van der Waals surface area (Å²) in [5, 5.41) is 0.741. The van der Waals surface area contributed by atoms with Gasteiger partial charge in [0.25, 0.3) is 0 Å². The van der Waals surface area contributed by atoms with Gasteiger partial charge in [0, 0.05) is 42.2 Å². The van der Waals surface area contributed by atoms with Crippen molar-refractivity contribution in [3.05, 3.63) is 70.2 Å². The normalized spacial score (nSPS) is 15.5. The van der Waals surface area contributed by atoms with Crippen molar-refractivity contribution in [2.45, 2.75) is 40.2 Å². The van der Waals surface area contributed by atoms with E-state index in [4.69, 9.17) is 21.6 Å². The average Bonchev–Trinajstić information content (AvgIpc) is 2.65. The summed E-state index contributed by atoms with van der Waals surface area (Å²) in [7, 11) is 0. The van der Waals surface area contributed by atoms with Crippen molar-refractivity contribution in [2.75, 3.05) is 13.1 Å².